The molecular weight excluding hydrogens is 597 g/mol. The number of benzene rings is 2. The molecule has 2 aromatic carbocycles. The Morgan fingerprint density at radius 1 is 1.11 bits per heavy atom. The summed E-state index contributed by atoms with van der Waals surface area (Å²) in [6.45, 7) is -5.21. The van der Waals surface area contributed by atoms with Gasteiger partial charge in [0.2, 0.25) is 6.81 Å². The molecule has 4 aromatic rings. The molecule has 3 aliphatic heterocycles. The van der Waals surface area contributed by atoms with Crippen LogP contribution in [-0.4, -0.2) is 90.0 Å². The van der Waals surface area contributed by atoms with Crippen LogP contribution in [0.2, 0.25) is 0 Å². The van der Waals surface area contributed by atoms with Gasteiger partial charge in [-0.15, -0.1) is 0 Å². The molecule has 0 N–H and O–H groups in total. The first-order chi connectivity index (χ1) is 23.3. The van der Waals surface area contributed by atoms with Gasteiger partial charge in [0, 0.05) is 42.6 Å². The van der Waals surface area contributed by atoms with E-state index < -0.39 is 72.3 Å². The molecule has 0 spiro atoms. The fraction of sp³-hybridized carbons (Fsp3) is 0.469. The second-order valence-electron chi connectivity index (χ2n) is 11.9. The van der Waals surface area contributed by atoms with Crippen LogP contribution >= 0.6 is 0 Å². The molecule has 45 heavy (non-hydrogen) atoms. The number of halogens is 5. The Hall–Kier alpha value is -3.84. The maximum absolute atomic E-state index is 16.9. The molecule has 4 fully saturated rings. The van der Waals surface area contributed by atoms with Crippen molar-refractivity contribution in [2.45, 2.75) is 43.2 Å². The summed E-state index contributed by atoms with van der Waals surface area (Å²) in [6, 6.07) is 5.47. The van der Waals surface area contributed by atoms with Crippen LogP contribution in [0, 0.1) is 17.6 Å². The Labute approximate surface area is 260 Å². The fourth-order valence-electron chi connectivity index (χ4n) is 7.22. The van der Waals surface area contributed by atoms with Crippen molar-refractivity contribution in [3.63, 3.8) is 0 Å². The average Bonchev–Trinajstić information content (AvgIpc) is 3.40. The molecule has 236 valence electrons. The zero-order chi connectivity index (χ0) is 34.5. The van der Waals surface area contributed by atoms with E-state index in [2.05, 4.69) is 15.0 Å². The SMILES string of the molecule is [2H]C([2H])(F)Oc1c(F)ccc2cccc(-c3ncc4c(N5CCOC[C@H]6[C@H](F)[C@H]65)nc(OC([2H])([2H])[C@@]56CCCN5C[C@H](F)C6)nc4c3F)c12. The normalized spacial score (nSPS) is 29.8. The number of pyridine rings is 1. The van der Waals surface area contributed by atoms with E-state index in [-0.39, 0.29) is 65.8 Å². The number of fused-ring (bicyclic) bond motifs is 4. The van der Waals surface area contributed by atoms with Crippen molar-refractivity contribution in [3.8, 4) is 23.0 Å². The summed E-state index contributed by atoms with van der Waals surface area (Å²) in [7, 11) is 0. The Balaban J connectivity index is 1.31. The molecule has 0 radical (unpaired) electrons. The van der Waals surface area contributed by atoms with Crippen molar-refractivity contribution in [1.29, 1.82) is 0 Å². The minimum atomic E-state index is -3.77. The van der Waals surface area contributed by atoms with Crippen LogP contribution in [-0.2, 0) is 4.74 Å². The monoisotopic (exact) mass is 631 g/mol. The van der Waals surface area contributed by atoms with Gasteiger partial charge in [-0.3, -0.25) is 9.88 Å². The topological polar surface area (TPSA) is 72.8 Å². The highest BCUT2D eigenvalue weighted by molar-refractivity contribution is 6.02. The Morgan fingerprint density at radius 3 is 2.87 bits per heavy atom. The lowest BCUT2D eigenvalue weighted by Crippen LogP contribution is -2.43. The first kappa shape index (κ1) is 24.4. The average molecular weight is 632 g/mol. The minimum Gasteiger partial charge on any atom is -0.461 e. The van der Waals surface area contributed by atoms with Crippen LogP contribution in [0.15, 0.2) is 36.5 Å². The molecule has 5 atom stereocenters. The summed E-state index contributed by atoms with van der Waals surface area (Å²) in [5.41, 5.74) is -2.16. The lowest BCUT2D eigenvalue weighted by molar-refractivity contribution is 0.107. The van der Waals surface area contributed by atoms with Crippen molar-refractivity contribution in [2.75, 3.05) is 51.1 Å². The van der Waals surface area contributed by atoms with Gasteiger partial charge in [0.25, 0.3) is 0 Å². The van der Waals surface area contributed by atoms with Crippen LogP contribution in [0.25, 0.3) is 32.9 Å². The summed E-state index contributed by atoms with van der Waals surface area (Å²) in [5, 5.41) is 0.147. The number of hydrogen-bond donors (Lipinski definition) is 0. The lowest BCUT2D eigenvalue weighted by Gasteiger charge is -2.31. The number of aromatic nitrogens is 3. The maximum atomic E-state index is 16.9. The third kappa shape index (κ3) is 4.65. The summed E-state index contributed by atoms with van der Waals surface area (Å²) >= 11 is 0. The number of ether oxygens (including phenoxy) is 3. The van der Waals surface area contributed by atoms with Gasteiger partial charge in [0.1, 0.15) is 38.7 Å². The van der Waals surface area contributed by atoms with Gasteiger partial charge in [-0.2, -0.15) is 9.97 Å². The molecular formula is C32H30F5N5O3. The number of alkyl halides is 3. The molecule has 0 amide bonds. The second-order valence-corrected chi connectivity index (χ2v) is 11.9. The third-order valence-electron chi connectivity index (χ3n) is 9.37. The van der Waals surface area contributed by atoms with E-state index >= 15 is 4.39 Å². The zero-order valence-electron chi connectivity index (χ0n) is 27.8. The molecule has 1 aliphatic carbocycles. The highest BCUT2D eigenvalue weighted by atomic mass is 19.2. The van der Waals surface area contributed by atoms with Crippen molar-refractivity contribution in [3.05, 3.63) is 48.2 Å². The summed E-state index contributed by atoms with van der Waals surface area (Å²) in [6.07, 6.45) is -0.455. The lowest BCUT2D eigenvalue weighted by atomic mass is 9.95. The molecule has 5 heterocycles. The van der Waals surface area contributed by atoms with E-state index in [0.717, 1.165) is 6.07 Å². The van der Waals surface area contributed by atoms with Crippen LogP contribution < -0.4 is 14.4 Å². The Kier molecular flexibility index (Phi) is 5.91. The van der Waals surface area contributed by atoms with Gasteiger partial charge < -0.3 is 19.1 Å². The van der Waals surface area contributed by atoms with Gasteiger partial charge in [-0.05, 0) is 30.8 Å². The summed E-state index contributed by atoms with van der Waals surface area (Å²) < 4.78 is 124. The van der Waals surface area contributed by atoms with Gasteiger partial charge in [-0.1, -0.05) is 24.3 Å². The van der Waals surface area contributed by atoms with E-state index in [4.69, 9.17) is 19.7 Å². The van der Waals surface area contributed by atoms with E-state index in [1.165, 1.54) is 30.5 Å². The van der Waals surface area contributed by atoms with Gasteiger partial charge >= 0.3 is 6.01 Å². The van der Waals surface area contributed by atoms with Crippen molar-refractivity contribution >= 4 is 27.5 Å². The molecule has 4 aliphatic rings. The molecule has 8 rings (SSSR count). The number of nitrogens with zero attached hydrogens (tertiary/aromatic N) is 5. The van der Waals surface area contributed by atoms with Crippen molar-refractivity contribution in [2.24, 2.45) is 5.92 Å². The molecule has 13 heteroatoms. The minimum absolute atomic E-state index is 0.0311. The highest BCUT2D eigenvalue weighted by Crippen LogP contribution is 2.46. The van der Waals surface area contributed by atoms with Gasteiger partial charge in [-0.25, -0.2) is 22.0 Å². The first-order valence-electron chi connectivity index (χ1n) is 16.8. The highest BCUT2D eigenvalue weighted by Gasteiger charge is 2.56. The Morgan fingerprint density at radius 2 is 2.00 bits per heavy atom. The van der Waals surface area contributed by atoms with Crippen LogP contribution in [0.3, 0.4) is 0 Å². The second kappa shape index (κ2) is 10.9. The number of rotatable bonds is 7. The van der Waals surface area contributed by atoms with Crippen LogP contribution in [0.4, 0.5) is 27.8 Å². The quantitative estimate of drug-likeness (QED) is 0.246. The molecule has 1 saturated carbocycles. The number of hydrogen-bond acceptors (Lipinski definition) is 8. The van der Waals surface area contributed by atoms with Crippen LogP contribution in [0.1, 0.15) is 24.7 Å². The van der Waals surface area contributed by atoms with E-state index in [1.54, 1.807) is 9.80 Å². The molecule has 0 unspecified atom stereocenters. The predicted molar refractivity (Wildman–Crippen MR) is 156 cm³/mol. The third-order valence-corrected chi connectivity index (χ3v) is 9.37. The van der Waals surface area contributed by atoms with E-state index in [0.29, 0.717) is 19.4 Å². The fourth-order valence-corrected chi connectivity index (χ4v) is 7.22. The maximum Gasteiger partial charge on any atom is 0.319 e. The molecule has 3 saturated heterocycles. The summed E-state index contributed by atoms with van der Waals surface area (Å²) in [4.78, 5) is 16.4. The standard InChI is InChI=1S/C32H30F5N5O3/c33-16-45-29-22(35)6-5-17-3-1-4-19(23(17)29)26-25(37)27-20(12-38-26)30(42-9-10-43-14-21-24(36)28(21)42)40-31(39-27)44-15-32-7-2-8-41(32)13-18(34)11-32/h1,3-6,12,18,21,24,28H,2,7-11,13-16H2/t18-,21+,24+,28+,32+/m1/s1/i15D2,16D2. The van der Waals surface area contributed by atoms with Crippen molar-refractivity contribution < 1.29 is 41.6 Å². The van der Waals surface area contributed by atoms with E-state index in [9.17, 15) is 17.6 Å². The molecule has 8 nitrogen and oxygen atoms in total. The van der Waals surface area contributed by atoms with Gasteiger partial charge in [0.15, 0.2) is 17.4 Å². The van der Waals surface area contributed by atoms with E-state index in [1.807, 2.05) is 0 Å². The first-order valence-corrected chi connectivity index (χ1v) is 14.8. The Bertz CT molecular complexity index is 1970. The zero-order valence-corrected chi connectivity index (χ0v) is 23.8. The van der Waals surface area contributed by atoms with Crippen LogP contribution in [0.5, 0.6) is 11.8 Å². The summed E-state index contributed by atoms with van der Waals surface area (Å²) in [5.74, 6) is -3.41. The largest absolute Gasteiger partial charge is 0.461 e. The number of anilines is 1. The molecule has 0 bridgehead atoms. The van der Waals surface area contributed by atoms with Crippen molar-refractivity contribution in [1.82, 2.24) is 19.9 Å². The molecule has 2 aromatic heterocycles. The smallest absolute Gasteiger partial charge is 0.319 e. The predicted octanol–water partition coefficient (Wildman–Crippen LogP) is 5.56. The van der Waals surface area contributed by atoms with Gasteiger partial charge in [0.05, 0.1) is 32.9 Å².